The van der Waals surface area contributed by atoms with Crippen molar-refractivity contribution >= 4 is 70.5 Å². The molecule has 34 heteroatoms. The normalized spacial score (nSPS) is 29.4. The van der Waals surface area contributed by atoms with E-state index in [9.17, 15) is 75.0 Å². The Hall–Kier alpha value is -9.16. The molecule has 6 aliphatic heterocycles. The fourth-order valence-electron chi connectivity index (χ4n) is 13.0. The van der Waals surface area contributed by atoms with Gasteiger partial charge in [-0.2, -0.15) is 0 Å². The van der Waals surface area contributed by atoms with Crippen LogP contribution >= 0.6 is 23.2 Å². The lowest BCUT2D eigenvalue weighted by Crippen LogP contribution is -2.63. The minimum Gasteiger partial charge on any atom is -0.508 e. The lowest BCUT2D eigenvalue weighted by Gasteiger charge is -2.47. The average molecular weight is 1450 g/mol. The molecule has 1 saturated carbocycles. The maximum absolute atomic E-state index is 16.0. The number of aromatic hydroxyl groups is 3. The van der Waals surface area contributed by atoms with Crippen molar-refractivity contribution in [1.29, 1.82) is 0 Å². The van der Waals surface area contributed by atoms with E-state index in [1.165, 1.54) is 39.1 Å². The first-order valence-electron chi connectivity index (χ1n) is 32.0. The van der Waals surface area contributed by atoms with Gasteiger partial charge in [-0.15, -0.1) is 0 Å². The lowest BCUT2D eigenvalue weighted by atomic mass is 9.80. The fraction of sp³-hybridized carbons (Fsp3) is 0.433. The SMILES string of the molecule is CN[C@H](CC(C)C)C(=O)NC1C(=O)N[C@@H](CC(N)=O)C(=O)N[C@H]2C(=O)N[C@H]3C(=O)N[C@H](C(=O)N[C@H](C(=O)O)c4cc(O)cc(O)c4-c4cc3ccc4O)[C@H](O)c3ccc(c(Cl)c3)Oc3cc2cc(c3O[C@@H]2C[C@H](CO)[C@@H](O)[C@H](O)[C@H]2O[C@H]2C[C@](C)(N)[C@H](O)[C@H](C)O2)Oc2ccc(cc2Cl)[C@H]1O. The van der Waals surface area contributed by atoms with Crippen LogP contribution in [0, 0.1) is 11.8 Å². The van der Waals surface area contributed by atoms with E-state index in [-0.39, 0.29) is 58.4 Å². The second-order valence-corrected chi connectivity index (χ2v) is 27.0. The zero-order valence-corrected chi connectivity index (χ0v) is 56.1. The van der Waals surface area contributed by atoms with E-state index in [1.807, 2.05) is 13.8 Å². The van der Waals surface area contributed by atoms with Crippen LogP contribution in [0.5, 0.6) is 46.0 Å². The number of likely N-dealkylation sites (N-methyl/N-ethyl adjacent to an activating group) is 1. The van der Waals surface area contributed by atoms with Gasteiger partial charge in [0.15, 0.2) is 23.8 Å². The first-order valence-corrected chi connectivity index (χ1v) is 32.7. The van der Waals surface area contributed by atoms with Gasteiger partial charge in [-0.3, -0.25) is 33.6 Å². The van der Waals surface area contributed by atoms with Crippen LogP contribution in [0.3, 0.4) is 0 Å². The highest BCUT2D eigenvalue weighted by Gasteiger charge is 2.51. The van der Waals surface area contributed by atoms with Crippen molar-refractivity contribution in [2.24, 2.45) is 23.3 Å². The minimum atomic E-state index is -2.31. The van der Waals surface area contributed by atoms with Gasteiger partial charge < -0.3 is 123 Å². The molecule has 1 saturated heterocycles. The molecule has 18 atom stereocenters. The van der Waals surface area contributed by atoms with Crippen molar-refractivity contribution in [3.05, 3.63) is 117 Å². The van der Waals surface area contributed by atoms with Crippen molar-refractivity contribution in [1.82, 2.24) is 37.2 Å². The summed E-state index contributed by atoms with van der Waals surface area (Å²) in [6, 6.07) is -0.249. The second kappa shape index (κ2) is 30.2. The second-order valence-electron chi connectivity index (χ2n) is 26.2. The highest BCUT2D eigenvalue weighted by Crippen LogP contribution is 2.50. The van der Waals surface area contributed by atoms with Crippen molar-refractivity contribution in [2.75, 3.05) is 13.7 Å². The Kier molecular flexibility index (Phi) is 22.3. The number of carbonyl (C=O) groups excluding carboxylic acids is 7. The van der Waals surface area contributed by atoms with Crippen molar-refractivity contribution in [3.8, 4) is 57.1 Å². The smallest absolute Gasteiger partial charge is 0.330 e. The summed E-state index contributed by atoms with van der Waals surface area (Å²) < 4.78 is 32.7. The van der Waals surface area contributed by atoms with Crippen LogP contribution < -0.4 is 62.9 Å². The Labute approximate surface area is 585 Å². The van der Waals surface area contributed by atoms with Gasteiger partial charge in [-0.25, -0.2) is 4.79 Å². The molecular weight excluding hydrogens is 1370 g/mol. The number of primary amides is 1. The molecule has 7 aliphatic rings. The Morgan fingerprint density at radius 2 is 1.33 bits per heavy atom. The predicted octanol–water partition coefficient (Wildman–Crippen LogP) is 0.770. The van der Waals surface area contributed by atoms with Gasteiger partial charge in [0.25, 0.3) is 0 Å². The number of amides is 7. The number of aliphatic hydroxyl groups excluding tert-OH is 6. The molecule has 12 rings (SSSR count). The van der Waals surface area contributed by atoms with Crippen LogP contribution in [0.25, 0.3) is 11.1 Å². The maximum Gasteiger partial charge on any atom is 0.330 e. The summed E-state index contributed by atoms with van der Waals surface area (Å²) in [6.45, 7) is 5.96. The first-order chi connectivity index (χ1) is 47.7. The third kappa shape index (κ3) is 15.8. The Morgan fingerprint density at radius 1 is 0.723 bits per heavy atom. The van der Waals surface area contributed by atoms with E-state index < -0.39 is 231 Å². The molecule has 0 aromatic heterocycles. The van der Waals surface area contributed by atoms with Gasteiger partial charge in [-0.1, -0.05) is 55.2 Å². The number of benzene rings is 5. The number of nitrogens with one attached hydrogen (secondary N) is 7. The molecule has 0 spiro atoms. The minimum absolute atomic E-state index is 0.0906. The van der Waals surface area contributed by atoms with Crippen molar-refractivity contribution in [2.45, 2.75) is 156 Å². The predicted molar refractivity (Wildman–Crippen MR) is 353 cm³/mol. The summed E-state index contributed by atoms with van der Waals surface area (Å²) in [5.74, 6) is -16.6. The number of hydrogen-bond donors (Lipinski definition) is 19. The molecule has 101 heavy (non-hydrogen) atoms. The van der Waals surface area contributed by atoms with Crippen LogP contribution in [0.4, 0.5) is 0 Å². The standard InChI is InChI=1S/C67H77Cl2N9O23/c1-24(2)12-36(72-5)60(89)77-51-53(84)27-7-10-40(34(68)14-27)98-42-16-29-17-43(57(42)100-44-18-30(23-79)55(86)56(87)58(44)101-46-22-67(4,71)59(88)25(3)97-46)99-41-11-8-28(15-35(41)69)54(85)52-65(94)76-50(66(95)96)33-19-31(80)20-39(82)47(33)32-13-26(6-9-38(32)81)48(62(91)78-52)75-63(92)49(29)74-61(90)37(21-45(70)83)73-64(51)93/h6-11,13-17,19-20,24-25,30,36-37,44,46,48-56,58-59,72,79-82,84-88H,12,18,21-23,71H2,1-5H3,(H2,70,83)(H,73,93)(H,74,90)(H,75,92)(H,76,94)(H,77,89)(H,78,91)(H,95,96)/t25-,30+,36+,37-,44+,46-,48+,49+,50-,51?,52-,53+,54+,55+,56-,58-,59+,67-/m0/s1. The average Bonchev–Trinajstić information content (AvgIpc) is 0.775. The number of aliphatic hydroxyl groups is 6. The number of nitrogens with two attached hydrogens (primary N) is 2. The molecule has 11 bridgehead atoms. The molecule has 0 radical (unpaired) electrons. The molecule has 32 nitrogen and oxygen atoms in total. The van der Waals surface area contributed by atoms with Gasteiger partial charge in [0, 0.05) is 47.2 Å². The number of halogens is 2. The fourth-order valence-corrected chi connectivity index (χ4v) is 13.4. The summed E-state index contributed by atoms with van der Waals surface area (Å²) in [5.41, 5.74) is 8.21. The molecule has 6 heterocycles. The van der Waals surface area contributed by atoms with E-state index in [1.54, 1.807) is 0 Å². The molecule has 5 aromatic carbocycles. The Morgan fingerprint density at radius 3 is 1.91 bits per heavy atom. The van der Waals surface area contributed by atoms with Crippen LogP contribution in [-0.4, -0.2) is 185 Å². The summed E-state index contributed by atoms with van der Waals surface area (Å²) in [7, 11) is 1.48. The van der Waals surface area contributed by atoms with Crippen LogP contribution in [-0.2, 0) is 47.8 Å². The number of fused-ring (bicyclic) bond motifs is 15. The van der Waals surface area contributed by atoms with E-state index in [2.05, 4.69) is 37.2 Å². The monoisotopic (exact) mass is 1450 g/mol. The van der Waals surface area contributed by atoms with Gasteiger partial charge in [0.2, 0.25) is 47.1 Å². The van der Waals surface area contributed by atoms with E-state index in [0.29, 0.717) is 0 Å². The largest absolute Gasteiger partial charge is 0.508 e. The van der Waals surface area contributed by atoms with Gasteiger partial charge in [0.05, 0.1) is 40.8 Å². The van der Waals surface area contributed by atoms with E-state index >= 15 is 14.4 Å². The van der Waals surface area contributed by atoms with Gasteiger partial charge in [0.1, 0.15) is 89.5 Å². The number of carboxylic acid groups (broad SMARTS) is 1. The highest BCUT2D eigenvalue weighted by molar-refractivity contribution is 6.32. The number of carbonyl (C=O) groups is 8. The Bertz CT molecular complexity index is 4070. The number of phenols is 3. The van der Waals surface area contributed by atoms with Crippen LogP contribution in [0.1, 0.15) is 112 Å². The van der Waals surface area contributed by atoms with Crippen molar-refractivity contribution < 1.29 is 113 Å². The van der Waals surface area contributed by atoms with Crippen LogP contribution in [0.2, 0.25) is 10.0 Å². The number of aliphatic carboxylic acids is 1. The summed E-state index contributed by atoms with van der Waals surface area (Å²) in [6.07, 6.45) is -15.9. The molecule has 1 aliphatic carbocycles. The van der Waals surface area contributed by atoms with Gasteiger partial charge >= 0.3 is 5.97 Å². The molecule has 1 unspecified atom stereocenters. The summed E-state index contributed by atoms with van der Waals surface area (Å²) in [5, 5.41) is 131. The molecule has 21 N–H and O–H groups in total. The molecule has 2 fully saturated rings. The Balaban J connectivity index is 1.24. The molecule has 5 aromatic rings. The van der Waals surface area contributed by atoms with E-state index in [4.69, 9.17) is 58.4 Å². The van der Waals surface area contributed by atoms with E-state index in [0.717, 1.165) is 60.7 Å². The lowest BCUT2D eigenvalue weighted by molar-refractivity contribution is -0.286. The maximum atomic E-state index is 16.0. The summed E-state index contributed by atoms with van der Waals surface area (Å²) in [4.78, 5) is 117. The molecule has 542 valence electrons. The topological polar surface area (TPSA) is 521 Å². The first kappa shape index (κ1) is 74.5. The number of hydrogen-bond acceptors (Lipinski definition) is 24. The number of phenolic OH excluding ortho intramolecular Hbond substituents is 3. The third-order valence-electron chi connectivity index (χ3n) is 18.3. The van der Waals surface area contributed by atoms with Gasteiger partial charge in [-0.05, 0) is 117 Å². The number of rotatable bonds is 13. The highest BCUT2D eigenvalue weighted by atomic mass is 35.5. The summed E-state index contributed by atoms with van der Waals surface area (Å²) >= 11 is 14.2. The molecule has 7 amide bonds. The quantitative estimate of drug-likeness (QED) is 0.0774. The van der Waals surface area contributed by atoms with Crippen LogP contribution in [0.15, 0.2) is 78.9 Å². The zero-order chi connectivity index (χ0) is 73.5. The number of ether oxygens (including phenoxy) is 5. The van der Waals surface area contributed by atoms with Crippen molar-refractivity contribution in [3.63, 3.8) is 0 Å². The zero-order valence-electron chi connectivity index (χ0n) is 54.6. The third-order valence-corrected chi connectivity index (χ3v) is 18.9. The molecular formula is C67H77Cl2N9O23. The number of carboxylic acids is 1.